The van der Waals surface area contributed by atoms with Crippen LogP contribution in [0.25, 0.3) is 0 Å². The number of benzene rings is 2. The van der Waals surface area contributed by atoms with E-state index in [2.05, 4.69) is 17.4 Å². The van der Waals surface area contributed by atoms with Gasteiger partial charge in [-0.3, -0.25) is 9.59 Å². The van der Waals surface area contributed by atoms with E-state index >= 15 is 0 Å². The van der Waals surface area contributed by atoms with Crippen LogP contribution in [0.4, 0.5) is 0 Å². The maximum Gasteiger partial charge on any atom is 0.253 e. The van der Waals surface area contributed by atoms with E-state index < -0.39 is 0 Å². The first-order valence-corrected chi connectivity index (χ1v) is 8.86. The molecule has 130 valence electrons. The van der Waals surface area contributed by atoms with Gasteiger partial charge in [-0.05, 0) is 31.0 Å². The molecule has 2 atom stereocenters. The molecule has 4 heteroatoms. The van der Waals surface area contributed by atoms with Crippen molar-refractivity contribution in [1.29, 1.82) is 0 Å². The minimum Gasteiger partial charge on any atom is -0.356 e. The van der Waals surface area contributed by atoms with E-state index in [9.17, 15) is 9.59 Å². The average molecular weight is 336 g/mol. The van der Waals surface area contributed by atoms with Crippen molar-refractivity contribution in [1.82, 2.24) is 10.2 Å². The van der Waals surface area contributed by atoms with E-state index in [4.69, 9.17) is 0 Å². The maximum atomic E-state index is 12.9. The lowest BCUT2D eigenvalue weighted by Crippen LogP contribution is -2.48. The third kappa shape index (κ3) is 4.08. The average Bonchev–Trinajstić information content (AvgIpc) is 2.68. The van der Waals surface area contributed by atoms with Crippen LogP contribution in [0.15, 0.2) is 60.7 Å². The quantitative estimate of drug-likeness (QED) is 0.933. The lowest BCUT2D eigenvalue weighted by Gasteiger charge is -2.37. The van der Waals surface area contributed by atoms with Crippen molar-refractivity contribution in [2.45, 2.75) is 19.3 Å². The lowest BCUT2D eigenvalue weighted by atomic mass is 9.83. The van der Waals surface area contributed by atoms with E-state index in [1.54, 1.807) is 0 Å². The lowest BCUT2D eigenvalue weighted by molar-refractivity contribution is -0.126. The summed E-state index contributed by atoms with van der Waals surface area (Å²) in [5.74, 6) is 0.0336. The van der Waals surface area contributed by atoms with Crippen LogP contribution in [-0.2, 0) is 4.79 Å². The summed E-state index contributed by atoms with van der Waals surface area (Å²) in [6.45, 7) is 3.65. The summed E-state index contributed by atoms with van der Waals surface area (Å²) in [4.78, 5) is 27.2. The molecule has 1 N–H and O–H groups in total. The molecule has 4 nitrogen and oxygen atoms in total. The Balaban J connectivity index is 1.84. The highest BCUT2D eigenvalue weighted by molar-refractivity contribution is 5.94. The number of rotatable bonds is 4. The van der Waals surface area contributed by atoms with E-state index in [1.807, 2.05) is 60.4 Å². The van der Waals surface area contributed by atoms with Crippen molar-refractivity contribution < 1.29 is 9.59 Å². The zero-order valence-corrected chi connectivity index (χ0v) is 14.5. The van der Waals surface area contributed by atoms with Crippen LogP contribution in [0.1, 0.15) is 35.2 Å². The monoisotopic (exact) mass is 336 g/mol. The second kappa shape index (κ2) is 7.97. The van der Waals surface area contributed by atoms with Gasteiger partial charge in [-0.2, -0.15) is 0 Å². The van der Waals surface area contributed by atoms with Crippen LogP contribution in [0.2, 0.25) is 0 Å². The Morgan fingerprint density at radius 1 is 1.00 bits per heavy atom. The first-order valence-electron chi connectivity index (χ1n) is 8.86. The van der Waals surface area contributed by atoms with Gasteiger partial charge < -0.3 is 10.2 Å². The van der Waals surface area contributed by atoms with Crippen LogP contribution in [0.5, 0.6) is 0 Å². The summed E-state index contributed by atoms with van der Waals surface area (Å²) in [5.41, 5.74) is 1.85. The highest BCUT2D eigenvalue weighted by Gasteiger charge is 2.34. The Morgan fingerprint density at radius 2 is 1.64 bits per heavy atom. The standard InChI is InChI=1S/C21H24N2O2/c1-2-22-20(24)19-13-18(16-9-5-3-6-10-16)14-23(15-19)21(25)17-11-7-4-8-12-17/h3-12,18-19H,2,13-15H2,1H3,(H,22,24)/t18-,19-/m0/s1. The number of nitrogens with zero attached hydrogens (tertiary/aromatic N) is 1. The molecular formula is C21H24N2O2. The molecule has 1 aliphatic heterocycles. The molecule has 2 aromatic rings. The predicted molar refractivity (Wildman–Crippen MR) is 98.3 cm³/mol. The molecule has 0 aromatic heterocycles. The number of amides is 2. The van der Waals surface area contributed by atoms with Gasteiger partial charge in [0.25, 0.3) is 5.91 Å². The Morgan fingerprint density at radius 3 is 2.28 bits per heavy atom. The summed E-state index contributed by atoms with van der Waals surface area (Å²) >= 11 is 0. The van der Waals surface area contributed by atoms with Crippen molar-refractivity contribution in [2.24, 2.45) is 5.92 Å². The zero-order valence-electron chi connectivity index (χ0n) is 14.5. The van der Waals surface area contributed by atoms with Crippen molar-refractivity contribution >= 4 is 11.8 Å². The maximum absolute atomic E-state index is 12.9. The molecule has 0 bridgehead atoms. The molecule has 1 heterocycles. The van der Waals surface area contributed by atoms with Gasteiger partial charge >= 0.3 is 0 Å². The highest BCUT2D eigenvalue weighted by atomic mass is 16.2. The molecule has 1 fully saturated rings. The number of carbonyl (C=O) groups excluding carboxylic acids is 2. The molecule has 1 aliphatic rings. The Hall–Kier alpha value is -2.62. The third-order valence-electron chi connectivity index (χ3n) is 4.75. The van der Waals surface area contributed by atoms with Crippen molar-refractivity contribution in [3.63, 3.8) is 0 Å². The largest absolute Gasteiger partial charge is 0.356 e. The van der Waals surface area contributed by atoms with Gasteiger partial charge in [0.15, 0.2) is 0 Å². The summed E-state index contributed by atoms with van der Waals surface area (Å²) in [5, 5.41) is 2.91. The second-order valence-corrected chi connectivity index (χ2v) is 6.51. The molecule has 25 heavy (non-hydrogen) atoms. The number of nitrogens with one attached hydrogen (secondary N) is 1. The Labute approximate surface area is 148 Å². The highest BCUT2D eigenvalue weighted by Crippen LogP contribution is 2.31. The number of likely N-dealkylation sites (tertiary alicyclic amines) is 1. The first kappa shape index (κ1) is 17.2. The van der Waals surface area contributed by atoms with Gasteiger partial charge in [0.1, 0.15) is 0 Å². The smallest absolute Gasteiger partial charge is 0.253 e. The minimum atomic E-state index is -0.174. The first-order chi connectivity index (χ1) is 12.2. The Kier molecular flexibility index (Phi) is 5.49. The van der Waals surface area contributed by atoms with Crippen molar-refractivity contribution in [2.75, 3.05) is 19.6 Å². The second-order valence-electron chi connectivity index (χ2n) is 6.51. The number of carbonyl (C=O) groups is 2. The zero-order chi connectivity index (χ0) is 17.6. The molecule has 2 aromatic carbocycles. The van der Waals surface area contributed by atoms with Crippen LogP contribution in [0, 0.1) is 5.92 Å². The van der Waals surface area contributed by atoms with E-state index in [0.29, 0.717) is 25.2 Å². The summed E-state index contributed by atoms with van der Waals surface area (Å²) in [6.07, 6.45) is 0.772. The van der Waals surface area contributed by atoms with Crippen LogP contribution >= 0.6 is 0 Å². The van der Waals surface area contributed by atoms with E-state index in [0.717, 1.165) is 6.42 Å². The topological polar surface area (TPSA) is 49.4 Å². The van der Waals surface area contributed by atoms with Gasteiger partial charge in [-0.1, -0.05) is 48.5 Å². The van der Waals surface area contributed by atoms with Gasteiger partial charge in [-0.15, -0.1) is 0 Å². The molecule has 0 unspecified atom stereocenters. The summed E-state index contributed by atoms with van der Waals surface area (Å²) in [6, 6.07) is 19.5. The SMILES string of the molecule is CCNC(=O)[C@H]1C[C@H](c2ccccc2)CN(C(=O)c2ccccc2)C1. The fourth-order valence-electron chi connectivity index (χ4n) is 3.50. The fraction of sp³-hybridized carbons (Fsp3) is 0.333. The number of hydrogen-bond donors (Lipinski definition) is 1. The number of piperidine rings is 1. The van der Waals surface area contributed by atoms with Gasteiger partial charge in [0.05, 0.1) is 5.92 Å². The van der Waals surface area contributed by atoms with Gasteiger partial charge in [0, 0.05) is 31.1 Å². The third-order valence-corrected chi connectivity index (χ3v) is 4.75. The molecular weight excluding hydrogens is 312 g/mol. The molecule has 0 radical (unpaired) electrons. The van der Waals surface area contributed by atoms with Crippen LogP contribution in [0.3, 0.4) is 0 Å². The normalized spacial score (nSPS) is 20.1. The molecule has 0 aliphatic carbocycles. The molecule has 0 saturated carbocycles. The van der Waals surface area contributed by atoms with E-state index in [-0.39, 0.29) is 23.7 Å². The predicted octanol–water partition coefficient (Wildman–Crippen LogP) is 3.07. The molecule has 0 spiro atoms. The van der Waals surface area contributed by atoms with Crippen molar-refractivity contribution in [3.05, 3.63) is 71.8 Å². The molecule has 1 saturated heterocycles. The molecule has 2 amide bonds. The van der Waals surface area contributed by atoms with E-state index in [1.165, 1.54) is 5.56 Å². The van der Waals surface area contributed by atoms with Crippen molar-refractivity contribution in [3.8, 4) is 0 Å². The van der Waals surface area contributed by atoms with Crippen LogP contribution < -0.4 is 5.32 Å². The summed E-state index contributed by atoms with van der Waals surface area (Å²) < 4.78 is 0. The van der Waals surface area contributed by atoms with Crippen LogP contribution in [-0.4, -0.2) is 36.3 Å². The Bertz CT molecular complexity index is 715. The van der Waals surface area contributed by atoms with Gasteiger partial charge in [-0.25, -0.2) is 0 Å². The van der Waals surface area contributed by atoms with Gasteiger partial charge in [0.2, 0.25) is 5.91 Å². The minimum absolute atomic E-state index is 0.00414. The summed E-state index contributed by atoms with van der Waals surface area (Å²) in [7, 11) is 0. The fourth-order valence-corrected chi connectivity index (χ4v) is 3.50. The number of hydrogen-bond acceptors (Lipinski definition) is 2. The molecule has 3 rings (SSSR count).